The number of hydrogen-bond donors (Lipinski definition) is 0. The molecule has 0 amide bonds. The van der Waals surface area contributed by atoms with Crippen LogP contribution in [0, 0.1) is 0 Å². The highest BCUT2D eigenvalue weighted by molar-refractivity contribution is 4.71. The first-order valence-electron chi connectivity index (χ1n) is 3.26. The minimum absolute atomic E-state index is 0.198. The van der Waals surface area contributed by atoms with Crippen molar-refractivity contribution in [3.8, 4) is 0 Å². The highest BCUT2D eigenvalue weighted by Gasteiger charge is 2.26. The van der Waals surface area contributed by atoms with Gasteiger partial charge in [0.25, 0.3) is 0 Å². The van der Waals surface area contributed by atoms with E-state index in [4.69, 9.17) is 14.2 Å². The van der Waals surface area contributed by atoms with Gasteiger partial charge in [-0.25, -0.2) is 0 Å². The van der Waals surface area contributed by atoms with E-state index < -0.39 is 0 Å². The van der Waals surface area contributed by atoms with Crippen LogP contribution < -0.4 is 0 Å². The molecule has 3 heteroatoms. The third-order valence-electron chi connectivity index (χ3n) is 1.64. The van der Waals surface area contributed by atoms with Crippen molar-refractivity contribution in [2.45, 2.75) is 12.2 Å². The molecule has 3 nitrogen and oxygen atoms in total. The first-order valence-corrected chi connectivity index (χ1v) is 3.26. The Kier molecular flexibility index (Phi) is 1.41. The van der Waals surface area contributed by atoms with Crippen LogP contribution in [0.5, 0.6) is 0 Å². The minimum Gasteiger partial charge on any atom is -0.376 e. The van der Waals surface area contributed by atoms with E-state index in [-0.39, 0.29) is 12.2 Å². The topological polar surface area (TPSA) is 27.7 Å². The first kappa shape index (κ1) is 5.65. The van der Waals surface area contributed by atoms with Gasteiger partial charge in [-0.2, -0.15) is 0 Å². The molecule has 3 aliphatic heterocycles. The molecular weight excluding hydrogens is 120 g/mol. The molecule has 3 rings (SSSR count). The van der Waals surface area contributed by atoms with Crippen LogP contribution in [-0.4, -0.2) is 38.6 Å². The standard InChI is InChI=1S/C6H10O3/c1-5-3-9-6(2-7-1)4-8-5/h5-6H,1-4H2. The monoisotopic (exact) mass is 130 g/mol. The van der Waals surface area contributed by atoms with Crippen molar-refractivity contribution in [1.29, 1.82) is 0 Å². The zero-order valence-electron chi connectivity index (χ0n) is 5.21. The average molecular weight is 130 g/mol. The molecule has 0 aromatic heterocycles. The molecule has 0 saturated carbocycles. The summed E-state index contributed by atoms with van der Waals surface area (Å²) in [5, 5.41) is 0. The molecule has 2 unspecified atom stereocenters. The number of rotatable bonds is 0. The smallest absolute Gasteiger partial charge is 0.104 e. The van der Waals surface area contributed by atoms with Gasteiger partial charge >= 0.3 is 0 Å². The Morgan fingerprint density at radius 2 is 1.33 bits per heavy atom. The predicted molar refractivity (Wildman–Crippen MR) is 30.3 cm³/mol. The third kappa shape index (κ3) is 1.08. The molecule has 2 bridgehead atoms. The second kappa shape index (κ2) is 2.25. The average Bonchev–Trinajstić information content (AvgIpc) is 2.21. The number of ether oxygens (including phenoxy) is 3. The summed E-state index contributed by atoms with van der Waals surface area (Å²) in [6.45, 7) is 2.84. The lowest BCUT2D eigenvalue weighted by atomic mass is 10.3. The first-order chi connectivity index (χ1) is 4.45. The minimum atomic E-state index is 0.198. The summed E-state index contributed by atoms with van der Waals surface area (Å²) in [6, 6.07) is 0. The number of fused-ring (bicyclic) bond motifs is 4. The van der Waals surface area contributed by atoms with Gasteiger partial charge in [-0.1, -0.05) is 0 Å². The van der Waals surface area contributed by atoms with Crippen molar-refractivity contribution < 1.29 is 14.2 Å². The Morgan fingerprint density at radius 3 is 1.78 bits per heavy atom. The van der Waals surface area contributed by atoms with E-state index in [9.17, 15) is 0 Å². The fourth-order valence-corrected chi connectivity index (χ4v) is 1.11. The summed E-state index contributed by atoms with van der Waals surface area (Å²) >= 11 is 0. The molecule has 0 radical (unpaired) electrons. The molecule has 0 aromatic carbocycles. The van der Waals surface area contributed by atoms with Crippen molar-refractivity contribution in [3.05, 3.63) is 0 Å². The third-order valence-corrected chi connectivity index (χ3v) is 1.64. The maximum atomic E-state index is 5.35. The highest BCUT2D eigenvalue weighted by atomic mass is 16.6. The summed E-state index contributed by atoms with van der Waals surface area (Å²) in [7, 11) is 0. The molecule has 0 aliphatic carbocycles. The zero-order valence-corrected chi connectivity index (χ0v) is 5.21. The van der Waals surface area contributed by atoms with Crippen LogP contribution in [0.2, 0.25) is 0 Å². The van der Waals surface area contributed by atoms with E-state index in [1.165, 1.54) is 0 Å². The van der Waals surface area contributed by atoms with Gasteiger partial charge < -0.3 is 14.2 Å². The van der Waals surface area contributed by atoms with Gasteiger partial charge in [-0.3, -0.25) is 0 Å². The van der Waals surface area contributed by atoms with Crippen LogP contribution in [-0.2, 0) is 14.2 Å². The second-order valence-corrected chi connectivity index (χ2v) is 2.45. The van der Waals surface area contributed by atoms with E-state index in [2.05, 4.69) is 0 Å². The van der Waals surface area contributed by atoms with Crippen LogP contribution in [0.4, 0.5) is 0 Å². The Hall–Kier alpha value is -0.120. The van der Waals surface area contributed by atoms with Gasteiger partial charge in [0.15, 0.2) is 0 Å². The molecule has 3 aliphatic rings. The molecule has 9 heavy (non-hydrogen) atoms. The van der Waals surface area contributed by atoms with Gasteiger partial charge in [0.2, 0.25) is 0 Å². The van der Waals surface area contributed by atoms with Gasteiger partial charge in [0.1, 0.15) is 12.2 Å². The Morgan fingerprint density at radius 1 is 0.778 bits per heavy atom. The van der Waals surface area contributed by atoms with Crippen LogP contribution >= 0.6 is 0 Å². The van der Waals surface area contributed by atoms with Gasteiger partial charge in [-0.05, 0) is 0 Å². The van der Waals surface area contributed by atoms with Gasteiger partial charge in [0.05, 0.1) is 26.4 Å². The van der Waals surface area contributed by atoms with E-state index in [1.807, 2.05) is 0 Å². The zero-order chi connectivity index (χ0) is 6.10. The van der Waals surface area contributed by atoms with E-state index in [1.54, 1.807) is 0 Å². The summed E-state index contributed by atoms with van der Waals surface area (Å²) in [5.41, 5.74) is 0. The summed E-state index contributed by atoms with van der Waals surface area (Å²) in [6.07, 6.45) is 0.396. The molecule has 3 fully saturated rings. The SMILES string of the molecule is C1OCC2COC1CO2. The van der Waals surface area contributed by atoms with Crippen LogP contribution in [0.1, 0.15) is 0 Å². The summed E-state index contributed by atoms with van der Waals surface area (Å²) in [4.78, 5) is 0. The molecule has 2 atom stereocenters. The normalized spacial score (nSPS) is 42.7. The lowest BCUT2D eigenvalue weighted by molar-refractivity contribution is -0.111. The number of hydrogen-bond acceptors (Lipinski definition) is 3. The second-order valence-electron chi connectivity index (χ2n) is 2.45. The molecule has 0 spiro atoms. The molecule has 52 valence electrons. The van der Waals surface area contributed by atoms with Crippen LogP contribution in [0.25, 0.3) is 0 Å². The fraction of sp³-hybridized carbons (Fsp3) is 1.00. The lowest BCUT2D eigenvalue weighted by Gasteiger charge is -2.22. The lowest BCUT2D eigenvalue weighted by Crippen LogP contribution is -2.34. The fourth-order valence-electron chi connectivity index (χ4n) is 1.11. The Bertz CT molecular complexity index is 79.0. The highest BCUT2D eigenvalue weighted by Crippen LogP contribution is 2.12. The van der Waals surface area contributed by atoms with Crippen molar-refractivity contribution in [2.24, 2.45) is 0 Å². The van der Waals surface area contributed by atoms with Crippen molar-refractivity contribution in [3.63, 3.8) is 0 Å². The van der Waals surface area contributed by atoms with Crippen molar-refractivity contribution >= 4 is 0 Å². The largest absolute Gasteiger partial charge is 0.376 e. The summed E-state index contributed by atoms with van der Waals surface area (Å²) < 4.78 is 15.9. The predicted octanol–water partition coefficient (Wildman–Crippen LogP) is -0.199. The maximum absolute atomic E-state index is 5.35. The van der Waals surface area contributed by atoms with Gasteiger partial charge in [0, 0.05) is 0 Å². The van der Waals surface area contributed by atoms with Crippen molar-refractivity contribution in [2.75, 3.05) is 26.4 Å². The van der Waals surface area contributed by atoms with Crippen molar-refractivity contribution in [1.82, 2.24) is 0 Å². The van der Waals surface area contributed by atoms with E-state index in [0.29, 0.717) is 26.4 Å². The van der Waals surface area contributed by atoms with E-state index >= 15 is 0 Å². The van der Waals surface area contributed by atoms with Gasteiger partial charge in [-0.15, -0.1) is 0 Å². The molecule has 0 N–H and O–H groups in total. The molecule has 3 saturated heterocycles. The Labute approximate surface area is 53.9 Å². The Balaban J connectivity index is 2.03. The maximum Gasteiger partial charge on any atom is 0.104 e. The quantitative estimate of drug-likeness (QED) is 0.454. The molecular formula is C6H10O3. The van der Waals surface area contributed by atoms with Crippen LogP contribution in [0.15, 0.2) is 0 Å². The van der Waals surface area contributed by atoms with Crippen LogP contribution in [0.3, 0.4) is 0 Å². The summed E-state index contributed by atoms with van der Waals surface area (Å²) in [5.74, 6) is 0. The molecule has 0 aromatic rings. The molecule has 3 heterocycles. The van der Waals surface area contributed by atoms with E-state index in [0.717, 1.165) is 0 Å².